The van der Waals surface area contributed by atoms with Crippen molar-refractivity contribution in [3.8, 4) is 6.07 Å². The predicted octanol–water partition coefficient (Wildman–Crippen LogP) is 1.48. The van der Waals surface area contributed by atoms with Crippen LogP contribution in [0.4, 0.5) is 0 Å². The first-order valence-corrected chi connectivity index (χ1v) is 7.97. The topological polar surface area (TPSA) is 95.0 Å². The fourth-order valence-corrected chi connectivity index (χ4v) is 3.07. The summed E-state index contributed by atoms with van der Waals surface area (Å²) in [6.45, 7) is 6.26. The molecule has 1 aliphatic rings. The van der Waals surface area contributed by atoms with Gasteiger partial charge in [0.2, 0.25) is 5.91 Å². The lowest BCUT2D eigenvalue weighted by atomic mass is 9.99. The van der Waals surface area contributed by atoms with E-state index >= 15 is 0 Å². The molecule has 2 N–H and O–H groups in total. The molecule has 6 heteroatoms. The molecule has 1 aliphatic heterocycles. The zero-order valence-electron chi connectivity index (χ0n) is 13.9. The third kappa shape index (κ3) is 3.99. The molecule has 2 atom stereocenters. The average molecular weight is 317 g/mol. The summed E-state index contributed by atoms with van der Waals surface area (Å²) < 4.78 is 5.57. The minimum Gasteiger partial charge on any atom is -0.376 e. The Morgan fingerprint density at radius 1 is 1.52 bits per heavy atom. The SMILES string of the molecule is Cc1[nH]c(=O)c(C#N)c(C)c1CCC(=O)N[C@@H](C)[C@H]1CCCO1. The molecule has 0 bridgehead atoms. The molecule has 2 heterocycles. The molecule has 1 fully saturated rings. The van der Waals surface area contributed by atoms with Crippen LogP contribution in [0.25, 0.3) is 0 Å². The molecule has 0 aromatic carbocycles. The minimum absolute atomic E-state index is 0.00237. The smallest absolute Gasteiger partial charge is 0.266 e. The van der Waals surface area contributed by atoms with Crippen molar-refractivity contribution in [3.05, 3.63) is 32.7 Å². The Kier molecular flexibility index (Phi) is 5.56. The molecule has 124 valence electrons. The van der Waals surface area contributed by atoms with Crippen molar-refractivity contribution in [2.45, 2.75) is 58.6 Å². The number of nitriles is 1. The van der Waals surface area contributed by atoms with E-state index in [0.717, 1.165) is 25.0 Å². The van der Waals surface area contributed by atoms with Crippen LogP contribution >= 0.6 is 0 Å². The standard InChI is InChI=1S/C17H23N3O3/c1-10-13(11(2)20-17(22)14(10)9-18)6-7-16(21)19-12(3)15-5-4-8-23-15/h12,15H,4-8H2,1-3H3,(H,19,21)(H,20,22)/t12-,15+/m0/s1. The quantitative estimate of drug-likeness (QED) is 0.860. The molecule has 2 rings (SSSR count). The molecule has 1 aromatic heterocycles. The van der Waals surface area contributed by atoms with Crippen LogP contribution in [0.5, 0.6) is 0 Å². The van der Waals surface area contributed by atoms with Crippen LogP contribution < -0.4 is 10.9 Å². The Morgan fingerprint density at radius 2 is 2.26 bits per heavy atom. The molecule has 23 heavy (non-hydrogen) atoms. The predicted molar refractivity (Wildman–Crippen MR) is 86.2 cm³/mol. The highest BCUT2D eigenvalue weighted by atomic mass is 16.5. The highest BCUT2D eigenvalue weighted by molar-refractivity contribution is 5.76. The van der Waals surface area contributed by atoms with E-state index in [-0.39, 0.29) is 29.2 Å². The van der Waals surface area contributed by atoms with Gasteiger partial charge in [0.25, 0.3) is 5.56 Å². The van der Waals surface area contributed by atoms with Gasteiger partial charge in [-0.3, -0.25) is 9.59 Å². The van der Waals surface area contributed by atoms with E-state index in [0.29, 0.717) is 24.1 Å². The molecular formula is C17H23N3O3. The van der Waals surface area contributed by atoms with Crippen molar-refractivity contribution < 1.29 is 9.53 Å². The highest BCUT2D eigenvalue weighted by Gasteiger charge is 2.23. The van der Waals surface area contributed by atoms with Crippen LogP contribution in [0.15, 0.2) is 4.79 Å². The van der Waals surface area contributed by atoms with Gasteiger partial charge in [0.1, 0.15) is 11.6 Å². The van der Waals surface area contributed by atoms with Gasteiger partial charge in [-0.1, -0.05) is 0 Å². The molecule has 1 saturated heterocycles. The number of rotatable bonds is 5. The maximum absolute atomic E-state index is 12.1. The molecule has 6 nitrogen and oxygen atoms in total. The number of carbonyl (C=O) groups is 1. The number of aromatic amines is 1. The summed E-state index contributed by atoms with van der Waals surface area (Å²) in [5.41, 5.74) is 1.99. The summed E-state index contributed by atoms with van der Waals surface area (Å²) in [4.78, 5) is 26.5. The Hall–Kier alpha value is -2.13. The minimum atomic E-state index is -0.372. The normalized spacial score (nSPS) is 18.4. The first-order valence-electron chi connectivity index (χ1n) is 7.97. The Balaban J connectivity index is 1.99. The van der Waals surface area contributed by atoms with Gasteiger partial charge in [0, 0.05) is 18.7 Å². The average Bonchev–Trinajstić information content (AvgIpc) is 3.01. The second-order valence-corrected chi connectivity index (χ2v) is 6.08. The summed E-state index contributed by atoms with van der Waals surface area (Å²) in [6.07, 6.45) is 2.92. The first-order chi connectivity index (χ1) is 10.9. The second kappa shape index (κ2) is 7.42. The van der Waals surface area contributed by atoms with E-state index in [4.69, 9.17) is 10.00 Å². The van der Waals surface area contributed by atoms with Crippen molar-refractivity contribution in [1.29, 1.82) is 5.26 Å². The van der Waals surface area contributed by atoms with Gasteiger partial charge in [0.05, 0.1) is 12.1 Å². The highest BCUT2D eigenvalue weighted by Crippen LogP contribution is 2.17. The van der Waals surface area contributed by atoms with Crippen molar-refractivity contribution in [2.75, 3.05) is 6.61 Å². The van der Waals surface area contributed by atoms with Crippen LogP contribution in [0.2, 0.25) is 0 Å². The van der Waals surface area contributed by atoms with Crippen LogP contribution in [-0.4, -0.2) is 29.6 Å². The van der Waals surface area contributed by atoms with Gasteiger partial charge >= 0.3 is 0 Å². The largest absolute Gasteiger partial charge is 0.376 e. The zero-order valence-corrected chi connectivity index (χ0v) is 13.9. The fraction of sp³-hybridized carbons (Fsp3) is 0.588. The van der Waals surface area contributed by atoms with Gasteiger partial charge in [-0.25, -0.2) is 0 Å². The molecule has 0 spiro atoms. The van der Waals surface area contributed by atoms with Gasteiger partial charge < -0.3 is 15.0 Å². The van der Waals surface area contributed by atoms with Crippen LogP contribution in [-0.2, 0) is 16.0 Å². The Morgan fingerprint density at radius 3 is 2.87 bits per heavy atom. The lowest BCUT2D eigenvalue weighted by molar-refractivity contribution is -0.122. The number of aromatic nitrogens is 1. The van der Waals surface area contributed by atoms with Crippen LogP contribution in [0, 0.1) is 25.2 Å². The third-order valence-corrected chi connectivity index (χ3v) is 4.43. The molecule has 1 amide bonds. The zero-order chi connectivity index (χ0) is 17.0. The fourth-order valence-electron chi connectivity index (χ4n) is 3.07. The number of hydrogen-bond donors (Lipinski definition) is 2. The molecule has 0 radical (unpaired) electrons. The van der Waals surface area contributed by atoms with Gasteiger partial charge in [-0.05, 0) is 51.2 Å². The second-order valence-electron chi connectivity index (χ2n) is 6.08. The number of aryl methyl sites for hydroxylation is 1. The number of hydrogen-bond acceptors (Lipinski definition) is 4. The number of nitrogens with one attached hydrogen (secondary N) is 2. The van der Waals surface area contributed by atoms with E-state index in [1.165, 1.54) is 0 Å². The summed E-state index contributed by atoms with van der Waals surface area (Å²) >= 11 is 0. The summed E-state index contributed by atoms with van der Waals surface area (Å²) in [5, 5.41) is 12.0. The number of pyridine rings is 1. The lowest BCUT2D eigenvalue weighted by Crippen LogP contribution is -2.40. The molecule has 0 aliphatic carbocycles. The van der Waals surface area contributed by atoms with E-state index < -0.39 is 0 Å². The third-order valence-electron chi connectivity index (χ3n) is 4.43. The summed E-state index contributed by atoms with van der Waals surface area (Å²) in [7, 11) is 0. The van der Waals surface area contributed by atoms with Crippen molar-refractivity contribution >= 4 is 5.91 Å². The van der Waals surface area contributed by atoms with Gasteiger partial charge in [-0.2, -0.15) is 5.26 Å². The van der Waals surface area contributed by atoms with Crippen molar-refractivity contribution in [1.82, 2.24) is 10.3 Å². The van der Waals surface area contributed by atoms with E-state index in [9.17, 15) is 9.59 Å². The van der Waals surface area contributed by atoms with E-state index in [2.05, 4.69) is 10.3 Å². The first kappa shape index (κ1) is 17.2. The van der Waals surface area contributed by atoms with Gasteiger partial charge in [0.15, 0.2) is 0 Å². The van der Waals surface area contributed by atoms with E-state index in [1.807, 2.05) is 13.0 Å². The Labute approximate surface area is 135 Å². The maximum atomic E-state index is 12.1. The molecule has 0 unspecified atom stereocenters. The maximum Gasteiger partial charge on any atom is 0.266 e. The van der Waals surface area contributed by atoms with Crippen LogP contribution in [0.1, 0.15) is 48.6 Å². The van der Waals surface area contributed by atoms with Crippen molar-refractivity contribution in [2.24, 2.45) is 0 Å². The summed E-state index contributed by atoms with van der Waals surface area (Å²) in [6, 6.07) is 1.92. The summed E-state index contributed by atoms with van der Waals surface area (Å²) in [5.74, 6) is -0.0449. The molecule has 0 saturated carbocycles. The van der Waals surface area contributed by atoms with E-state index in [1.54, 1.807) is 13.8 Å². The number of nitrogens with zero attached hydrogens (tertiary/aromatic N) is 1. The number of ether oxygens (including phenoxy) is 1. The number of carbonyl (C=O) groups excluding carboxylic acids is 1. The molecular weight excluding hydrogens is 294 g/mol. The Bertz CT molecular complexity index is 682. The monoisotopic (exact) mass is 317 g/mol. The van der Waals surface area contributed by atoms with Crippen LogP contribution in [0.3, 0.4) is 0 Å². The molecule has 1 aromatic rings. The van der Waals surface area contributed by atoms with Crippen molar-refractivity contribution in [3.63, 3.8) is 0 Å². The number of H-pyrrole nitrogens is 1. The number of amides is 1. The lowest BCUT2D eigenvalue weighted by Gasteiger charge is -2.20. The van der Waals surface area contributed by atoms with Gasteiger partial charge in [-0.15, -0.1) is 0 Å².